The van der Waals surface area contributed by atoms with E-state index in [1.165, 1.54) is 19.2 Å². The summed E-state index contributed by atoms with van der Waals surface area (Å²) in [7, 11) is 1.48. The summed E-state index contributed by atoms with van der Waals surface area (Å²) in [5.74, 6) is 0.511. The first-order valence-corrected chi connectivity index (χ1v) is 7.16. The third kappa shape index (κ3) is 3.37. The van der Waals surface area contributed by atoms with Gasteiger partial charge in [0.1, 0.15) is 0 Å². The molecule has 1 fully saturated rings. The Morgan fingerprint density at radius 2 is 1.95 bits per heavy atom. The molecule has 1 aliphatic rings. The van der Waals surface area contributed by atoms with Crippen LogP contribution in [0.15, 0.2) is 12.1 Å². The van der Waals surface area contributed by atoms with Gasteiger partial charge in [-0.05, 0) is 43.7 Å². The molecule has 2 rings (SSSR count). The molecule has 110 valence electrons. The molecule has 0 atom stereocenters. The molecule has 0 heterocycles. The van der Waals surface area contributed by atoms with Crippen LogP contribution in [0.2, 0.25) is 5.02 Å². The van der Waals surface area contributed by atoms with Crippen molar-refractivity contribution in [3.63, 3.8) is 0 Å². The number of benzene rings is 1. The van der Waals surface area contributed by atoms with E-state index in [0.29, 0.717) is 11.5 Å². The third-order valence-corrected chi connectivity index (χ3v) is 4.00. The highest BCUT2D eigenvalue weighted by molar-refractivity contribution is 6.32. The Morgan fingerprint density at radius 3 is 2.50 bits per heavy atom. The quantitative estimate of drug-likeness (QED) is 0.912. The Morgan fingerprint density at radius 1 is 1.30 bits per heavy atom. The van der Waals surface area contributed by atoms with Crippen LogP contribution in [-0.2, 0) is 0 Å². The van der Waals surface area contributed by atoms with E-state index in [1.807, 2.05) is 0 Å². The van der Waals surface area contributed by atoms with Gasteiger partial charge >= 0.3 is 5.97 Å². The van der Waals surface area contributed by atoms with E-state index in [-0.39, 0.29) is 16.7 Å². The zero-order valence-electron chi connectivity index (χ0n) is 11.7. The van der Waals surface area contributed by atoms with E-state index < -0.39 is 5.97 Å². The van der Waals surface area contributed by atoms with Crippen molar-refractivity contribution in [3.8, 4) is 11.5 Å². The Kier molecular flexibility index (Phi) is 4.76. The lowest BCUT2D eigenvalue weighted by molar-refractivity contribution is 0.0696. The van der Waals surface area contributed by atoms with Crippen molar-refractivity contribution in [3.05, 3.63) is 22.7 Å². The number of carboxylic acid groups (broad SMARTS) is 1. The number of aromatic carboxylic acids is 1. The van der Waals surface area contributed by atoms with Crippen molar-refractivity contribution < 1.29 is 19.4 Å². The summed E-state index contributed by atoms with van der Waals surface area (Å²) in [5, 5.41) is 9.29. The highest BCUT2D eigenvalue weighted by atomic mass is 35.5. The maximum absolute atomic E-state index is 11.0. The fourth-order valence-electron chi connectivity index (χ4n) is 2.47. The summed E-state index contributed by atoms with van der Waals surface area (Å²) in [6, 6.07) is 2.84. The van der Waals surface area contributed by atoms with Gasteiger partial charge in [0, 0.05) is 0 Å². The zero-order chi connectivity index (χ0) is 14.7. The summed E-state index contributed by atoms with van der Waals surface area (Å²) in [6.45, 7) is 2.24. The molecule has 5 heteroatoms. The largest absolute Gasteiger partial charge is 0.493 e. The lowest BCUT2D eigenvalue weighted by Gasteiger charge is -2.27. The van der Waals surface area contributed by atoms with E-state index in [1.54, 1.807) is 0 Å². The first kappa shape index (κ1) is 15.0. The average Bonchev–Trinajstić information content (AvgIpc) is 2.42. The SMILES string of the molecule is COc1cc(C(=O)O)cc(Cl)c1OC1CCC(C)CC1. The van der Waals surface area contributed by atoms with Crippen molar-refractivity contribution in [2.45, 2.75) is 38.7 Å². The fourth-order valence-corrected chi connectivity index (χ4v) is 2.73. The lowest BCUT2D eigenvalue weighted by atomic mass is 9.89. The minimum Gasteiger partial charge on any atom is -0.493 e. The summed E-state index contributed by atoms with van der Waals surface area (Å²) in [4.78, 5) is 11.0. The third-order valence-electron chi connectivity index (χ3n) is 3.72. The highest BCUT2D eigenvalue weighted by Gasteiger charge is 2.23. The van der Waals surface area contributed by atoms with Gasteiger partial charge in [0.05, 0.1) is 23.8 Å². The van der Waals surface area contributed by atoms with Gasteiger partial charge in [0.25, 0.3) is 0 Å². The molecule has 1 N–H and O–H groups in total. The molecule has 0 saturated heterocycles. The van der Waals surface area contributed by atoms with E-state index in [4.69, 9.17) is 26.2 Å². The van der Waals surface area contributed by atoms with Gasteiger partial charge in [-0.2, -0.15) is 0 Å². The van der Waals surface area contributed by atoms with Crippen LogP contribution in [0.4, 0.5) is 0 Å². The Labute approximate surface area is 123 Å². The average molecular weight is 299 g/mol. The molecule has 0 radical (unpaired) electrons. The van der Waals surface area contributed by atoms with E-state index in [9.17, 15) is 4.79 Å². The summed E-state index contributed by atoms with van der Waals surface area (Å²) < 4.78 is 11.1. The van der Waals surface area contributed by atoms with Crippen molar-refractivity contribution in [2.24, 2.45) is 5.92 Å². The molecular weight excluding hydrogens is 280 g/mol. The van der Waals surface area contributed by atoms with E-state index in [0.717, 1.165) is 31.6 Å². The topological polar surface area (TPSA) is 55.8 Å². The number of methoxy groups -OCH3 is 1. The molecule has 0 bridgehead atoms. The highest BCUT2D eigenvalue weighted by Crippen LogP contribution is 2.39. The summed E-state index contributed by atoms with van der Waals surface area (Å²) in [6.07, 6.45) is 4.37. The van der Waals surface area contributed by atoms with Gasteiger partial charge in [-0.1, -0.05) is 18.5 Å². The van der Waals surface area contributed by atoms with Gasteiger partial charge in [0.15, 0.2) is 11.5 Å². The molecule has 20 heavy (non-hydrogen) atoms. The number of carboxylic acids is 1. The summed E-state index contributed by atoms with van der Waals surface area (Å²) >= 11 is 6.14. The van der Waals surface area contributed by atoms with E-state index in [2.05, 4.69) is 6.92 Å². The van der Waals surface area contributed by atoms with Crippen molar-refractivity contribution in [1.82, 2.24) is 0 Å². The Bertz CT molecular complexity index is 493. The summed E-state index contributed by atoms with van der Waals surface area (Å²) in [5.41, 5.74) is 0.0940. The number of carbonyl (C=O) groups is 1. The van der Waals surface area contributed by atoms with Crippen LogP contribution in [0.25, 0.3) is 0 Å². The second-order valence-corrected chi connectivity index (χ2v) is 5.70. The van der Waals surface area contributed by atoms with Crippen LogP contribution in [0.1, 0.15) is 43.0 Å². The first-order chi connectivity index (χ1) is 9.51. The van der Waals surface area contributed by atoms with Crippen LogP contribution in [0.5, 0.6) is 11.5 Å². The standard InChI is InChI=1S/C15H19ClO4/c1-9-3-5-11(6-4-9)20-14-12(16)7-10(15(17)18)8-13(14)19-2/h7-9,11H,3-6H2,1-2H3,(H,17,18). The van der Waals surface area contributed by atoms with Crippen molar-refractivity contribution in [2.75, 3.05) is 7.11 Å². The van der Waals surface area contributed by atoms with Crippen LogP contribution >= 0.6 is 11.6 Å². The minimum absolute atomic E-state index is 0.0940. The number of halogens is 1. The van der Waals surface area contributed by atoms with Crippen LogP contribution < -0.4 is 9.47 Å². The molecule has 4 nitrogen and oxygen atoms in total. The predicted molar refractivity (Wildman–Crippen MR) is 77.0 cm³/mol. The number of ether oxygens (including phenoxy) is 2. The van der Waals surface area contributed by atoms with Gasteiger partial charge in [-0.3, -0.25) is 0 Å². The van der Waals surface area contributed by atoms with Crippen LogP contribution in [0, 0.1) is 5.92 Å². The number of rotatable bonds is 4. The second kappa shape index (κ2) is 6.35. The first-order valence-electron chi connectivity index (χ1n) is 6.78. The van der Waals surface area contributed by atoms with Gasteiger partial charge in [0.2, 0.25) is 0 Å². The smallest absolute Gasteiger partial charge is 0.335 e. The molecule has 1 aromatic rings. The van der Waals surface area contributed by atoms with Gasteiger partial charge < -0.3 is 14.6 Å². The normalized spacial score (nSPS) is 22.4. The van der Waals surface area contributed by atoms with Crippen LogP contribution in [-0.4, -0.2) is 24.3 Å². The monoisotopic (exact) mass is 298 g/mol. The van der Waals surface area contributed by atoms with Gasteiger partial charge in [-0.15, -0.1) is 0 Å². The molecule has 1 saturated carbocycles. The van der Waals surface area contributed by atoms with Crippen molar-refractivity contribution >= 4 is 17.6 Å². The molecule has 0 aliphatic heterocycles. The zero-order valence-corrected chi connectivity index (χ0v) is 12.4. The maximum atomic E-state index is 11.0. The maximum Gasteiger partial charge on any atom is 0.335 e. The molecule has 1 aromatic carbocycles. The number of hydrogen-bond acceptors (Lipinski definition) is 3. The van der Waals surface area contributed by atoms with Crippen molar-refractivity contribution in [1.29, 1.82) is 0 Å². The number of hydrogen-bond donors (Lipinski definition) is 1. The van der Waals surface area contributed by atoms with E-state index >= 15 is 0 Å². The molecule has 0 spiro atoms. The molecule has 0 unspecified atom stereocenters. The molecular formula is C15H19ClO4. The Hall–Kier alpha value is -1.42. The van der Waals surface area contributed by atoms with Crippen LogP contribution in [0.3, 0.4) is 0 Å². The molecule has 0 aromatic heterocycles. The lowest BCUT2D eigenvalue weighted by Crippen LogP contribution is -2.23. The molecule has 1 aliphatic carbocycles. The predicted octanol–water partition coefficient (Wildman–Crippen LogP) is 4.00. The minimum atomic E-state index is -1.04. The van der Waals surface area contributed by atoms with Gasteiger partial charge in [-0.25, -0.2) is 4.79 Å². The second-order valence-electron chi connectivity index (χ2n) is 5.29. The fraction of sp³-hybridized carbons (Fsp3) is 0.533. The molecule has 0 amide bonds. The Balaban J connectivity index is 2.20.